The first kappa shape index (κ1) is 16.1. The Hall–Kier alpha value is -1.00. The zero-order chi connectivity index (χ0) is 14.8. The number of aryl methyl sites for hydroxylation is 1. The minimum Gasteiger partial charge on any atom is -0.481 e. The molecular formula is C9H15BrN4O4S. The van der Waals surface area contributed by atoms with Crippen LogP contribution in [0.4, 0.5) is 0 Å². The largest absolute Gasteiger partial charge is 0.481 e. The lowest BCUT2D eigenvalue weighted by atomic mass is 10.2. The Morgan fingerprint density at radius 3 is 2.53 bits per heavy atom. The Morgan fingerprint density at radius 2 is 2.16 bits per heavy atom. The van der Waals surface area contributed by atoms with Crippen molar-refractivity contribution in [2.75, 3.05) is 13.1 Å². The number of aliphatic carboxylic acids is 1. The molecule has 0 amide bonds. The monoisotopic (exact) mass is 354 g/mol. The summed E-state index contributed by atoms with van der Waals surface area (Å²) in [5.41, 5.74) is 0. The third-order valence-corrected chi connectivity index (χ3v) is 5.40. The number of hydrogen-bond acceptors (Lipinski definition) is 5. The molecule has 10 heteroatoms. The Balaban J connectivity index is 3.13. The number of sulfonamides is 1. The summed E-state index contributed by atoms with van der Waals surface area (Å²) in [6.07, 6.45) is 0. The van der Waals surface area contributed by atoms with Gasteiger partial charge in [-0.2, -0.15) is 4.31 Å². The van der Waals surface area contributed by atoms with Gasteiger partial charge in [-0.05, 0) is 15.9 Å². The van der Waals surface area contributed by atoms with Gasteiger partial charge >= 0.3 is 5.97 Å². The van der Waals surface area contributed by atoms with Gasteiger partial charge < -0.3 is 5.11 Å². The van der Waals surface area contributed by atoms with Gasteiger partial charge in [0.25, 0.3) is 10.0 Å². The zero-order valence-electron chi connectivity index (χ0n) is 10.7. The molecule has 0 bridgehead atoms. The van der Waals surface area contributed by atoms with Gasteiger partial charge in [0.1, 0.15) is 0 Å². The second kappa shape index (κ2) is 5.97. The van der Waals surface area contributed by atoms with E-state index in [0.29, 0.717) is 0 Å². The average Bonchev–Trinajstić information content (AvgIpc) is 2.65. The molecule has 1 unspecified atom stereocenters. The van der Waals surface area contributed by atoms with E-state index in [9.17, 15) is 13.2 Å². The van der Waals surface area contributed by atoms with E-state index >= 15 is 0 Å². The van der Waals surface area contributed by atoms with E-state index in [1.165, 1.54) is 14.0 Å². The predicted octanol–water partition coefficient (Wildman–Crippen LogP) is 0.309. The van der Waals surface area contributed by atoms with Crippen molar-refractivity contribution in [3.05, 3.63) is 4.60 Å². The van der Waals surface area contributed by atoms with Crippen LogP contribution in [-0.4, -0.2) is 51.9 Å². The van der Waals surface area contributed by atoms with Gasteiger partial charge in [0.15, 0.2) is 4.60 Å². The second-order valence-corrected chi connectivity index (χ2v) is 6.61. The lowest BCUT2D eigenvalue weighted by Gasteiger charge is -2.22. The van der Waals surface area contributed by atoms with E-state index in [1.807, 2.05) is 0 Å². The van der Waals surface area contributed by atoms with E-state index in [2.05, 4.69) is 26.2 Å². The van der Waals surface area contributed by atoms with E-state index in [0.717, 1.165) is 8.99 Å². The van der Waals surface area contributed by atoms with Crippen molar-refractivity contribution in [1.29, 1.82) is 0 Å². The summed E-state index contributed by atoms with van der Waals surface area (Å²) in [6, 6.07) is 0. The van der Waals surface area contributed by atoms with Crippen LogP contribution in [0.5, 0.6) is 0 Å². The summed E-state index contributed by atoms with van der Waals surface area (Å²) in [5.74, 6) is -1.84. The maximum absolute atomic E-state index is 12.4. The summed E-state index contributed by atoms with van der Waals surface area (Å²) < 4.78 is 27.2. The molecule has 0 aliphatic heterocycles. The van der Waals surface area contributed by atoms with Gasteiger partial charge in [0, 0.05) is 20.1 Å². The van der Waals surface area contributed by atoms with Crippen molar-refractivity contribution in [2.24, 2.45) is 13.0 Å². The smallest absolute Gasteiger partial charge is 0.307 e. The van der Waals surface area contributed by atoms with Crippen molar-refractivity contribution in [2.45, 2.75) is 18.9 Å². The Labute approximate surface area is 119 Å². The van der Waals surface area contributed by atoms with Crippen molar-refractivity contribution in [1.82, 2.24) is 19.3 Å². The molecule has 19 heavy (non-hydrogen) atoms. The quantitative estimate of drug-likeness (QED) is 0.787. The summed E-state index contributed by atoms with van der Waals surface area (Å²) >= 11 is 3.03. The van der Waals surface area contributed by atoms with Crippen LogP contribution in [0.2, 0.25) is 0 Å². The number of hydrogen-bond donors (Lipinski definition) is 1. The maximum atomic E-state index is 12.4. The second-order valence-electron chi connectivity index (χ2n) is 4.00. The van der Waals surface area contributed by atoms with Gasteiger partial charge in [-0.15, -0.1) is 5.10 Å². The Kier molecular flexibility index (Phi) is 5.04. The Morgan fingerprint density at radius 1 is 1.58 bits per heavy atom. The molecular weight excluding hydrogens is 340 g/mol. The molecule has 0 aromatic carbocycles. The van der Waals surface area contributed by atoms with Crippen LogP contribution in [0.1, 0.15) is 13.8 Å². The maximum Gasteiger partial charge on any atom is 0.307 e. The molecule has 0 saturated carbocycles. The molecule has 1 aromatic heterocycles. The van der Waals surface area contributed by atoms with Crippen LogP contribution < -0.4 is 0 Å². The SMILES string of the molecule is CCN(CC(C)C(=O)O)S(=O)(=O)c1c(Br)nnn1C. The minimum atomic E-state index is -3.84. The molecule has 0 fully saturated rings. The zero-order valence-corrected chi connectivity index (χ0v) is 13.1. The van der Waals surface area contributed by atoms with Crippen molar-refractivity contribution in [3.8, 4) is 0 Å². The molecule has 0 saturated heterocycles. The van der Waals surface area contributed by atoms with Crippen LogP contribution in [0.3, 0.4) is 0 Å². The highest BCUT2D eigenvalue weighted by molar-refractivity contribution is 9.10. The molecule has 0 aliphatic rings. The van der Waals surface area contributed by atoms with E-state index in [1.54, 1.807) is 6.92 Å². The molecule has 108 valence electrons. The van der Waals surface area contributed by atoms with Gasteiger partial charge in [0.05, 0.1) is 5.92 Å². The van der Waals surface area contributed by atoms with Gasteiger partial charge in [-0.3, -0.25) is 4.79 Å². The molecule has 1 rings (SSSR count). The third-order valence-electron chi connectivity index (χ3n) is 2.57. The average molecular weight is 355 g/mol. The van der Waals surface area contributed by atoms with Crippen LogP contribution >= 0.6 is 15.9 Å². The number of carbonyl (C=O) groups is 1. The number of carboxylic acid groups (broad SMARTS) is 1. The van der Waals surface area contributed by atoms with Crippen molar-refractivity contribution >= 4 is 31.9 Å². The van der Waals surface area contributed by atoms with Crippen molar-refractivity contribution in [3.63, 3.8) is 0 Å². The molecule has 1 heterocycles. The van der Waals surface area contributed by atoms with Gasteiger partial charge in [-0.1, -0.05) is 19.1 Å². The van der Waals surface area contributed by atoms with Crippen LogP contribution in [0.15, 0.2) is 9.63 Å². The third kappa shape index (κ3) is 3.31. The van der Waals surface area contributed by atoms with Gasteiger partial charge in [0.2, 0.25) is 5.03 Å². The minimum absolute atomic E-state index is 0.0908. The highest BCUT2D eigenvalue weighted by atomic mass is 79.9. The highest BCUT2D eigenvalue weighted by Gasteiger charge is 2.32. The lowest BCUT2D eigenvalue weighted by molar-refractivity contribution is -0.141. The lowest BCUT2D eigenvalue weighted by Crippen LogP contribution is -2.37. The van der Waals surface area contributed by atoms with E-state index in [4.69, 9.17) is 5.11 Å². The fourth-order valence-electron chi connectivity index (χ4n) is 1.50. The molecule has 0 radical (unpaired) electrons. The standard InChI is InChI=1S/C9H15BrN4O4S/c1-4-14(5-6(2)9(15)16)19(17,18)8-7(10)11-12-13(8)3/h6H,4-5H2,1-3H3,(H,15,16). The molecule has 1 aromatic rings. The predicted molar refractivity (Wildman–Crippen MR) is 69.9 cm³/mol. The normalized spacial score (nSPS) is 13.7. The summed E-state index contributed by atoms with van der Waals surface area (Å²) in [6.45, 7) is 3.16. The molecule has 1 N–H and O–H groups in total. The first-order chi connectivity index (χ1) is 8.71. The van der Waals surface area contributed by atoms with Crippen molar-refractivity contribution < 1.29 is 18.3 Å². The number of carboxylic acids is 1. The number of nitrogens with zero attached hydrogens (tertiary/aromatic N) is 4. The number of halogens is 1. The van der Waals surface area contributed by atoms with Crippen LogP contribution in [-0.2, 0) is 21.9 Å². The molecule has 1 atom stereocenters. The highest BCUT2D eigenvalue weighted by Crippen LogP contribution is 2.22. The van der Waals surface area contributed by atoms with Gasteiger partial charge in [-0.25, -0.2) is 13.1 Å². The number of rotatable bonds is 6. The van der Waals surface area contributed by atoms with Crippen LogP contribution in [0.25, 0.3) is 0 Å². The van der Waals surface area contributed by atoms with E-state index in [-0.39, 0.29) is 22.7 Å². The first-order valence-electron chi connectivity index (χ1n) is 5.50. The molecule has 0 spiro atoms. The number of aromatic nitrogens is 3. The fraction of sp³-hybridized carbons (Fsp3) is 0.667. The molecule has 0 aliphatic carbocycles. The van der Waals surface area contributed by atoms with Crippen LogP contribution in [0, 0.1) is 5.92 Å². The Bertz CT molecular complexity index is 551. The summed E-state index contributed by atoms with van der Waals surface area (Å²) in [7, 11) is -2.38. The van der Waals surface area contributed by atoms with E-state index < -0.39 is 21.9 Å². The first-order valence-corrected chi connectivity index (χ1v) is 7.73. The topological polar surface area (TPSA) is 105 Å². The fourth-order valence-corrected chi connectivity index (χ4v) is 4.07. The summed E-state index contributed by atoms with van der Waals surface area (Å²) in [4.78, 5) is 10.8. The summed E-state index contributed by atoms with van der Waals surface area (Å²) in [5, 5.41) is 16.0. The molecule has 8 nitrogen and oxygen atoms in total.